The molecule has 6 aromatic carbocycles. The molecule has 0 bridgehead atoms. The highest BCUT2D eigenvalue weighted by atomic mass is 35.5. The molecule has 742 valence electrons. The van der Waals surface area contributed by atoms with Crippen molar-refractivity contribution in [3.63, 3.8) is 0 Å². The molecular formula is C105H124Cl6N12O13S3. The quantitative estimate of drug-likeness (QED) is 0.0622. The SMILES string of the molecule is CC1(C)O[C@H]2CNC[C@H]2O1.CC[C@@H]1CC[C@@H](C(=O)N2C[C@@H](O)[C@@H](O)C2)N1C(=O)C1=C(C(C)C)N2C(=N[C@@](C)(c3ccc(Cl)cc3)[C@H]2c2ccc(Cl)cc2)S1.CC[C@@H]1CC[C@@H](C(=O)N2C[C@@H]3OC(C)(C)O[C@@H]3C2)N1C(=O)C1=C(C(C)C)N2C(=N[C@@](C)(c3ccc(Cl)cc3)[C@H]2c2ccc(Cl)cc2)S1.CC[C@@H]1CC[C@@H](C(=O)O)N1C(=O)C1=C(C(C)C)N2C(=N[C@@](C)(c3ccc(Cl)cc3)[C@H]2c2ccc(Cl)cc2)S1. The average molecular weight is 2070 g/mol. The molecule has 18 atom stereocenters. The highest BCUT2D eigenvalue weighted by Crippen LogP contribution is 2.61. The number of nitrogens with zero attached hydrogens (tertiary/aromatic N) is 11. The molecule has 14 aliphatic heterocycles. The van der Waals surface area contributed by atoms with Gasteiger partial charge in [-0.3, -0.25) is 24.0 Å². The summed E-state index contributed by atoms with van der Waals surface area (Å²) < 4.78 is 23.3. The van der Waals surface area contributed by atoms with Gasteiger partial charge < -0.3 is 78.8 Å². The van der Waals surface area contributed by atoms with Crippen LogP contribution in [0.2, 0.25) is 30.1 Å². The number of rotatable bonds is 18. The number of aliphatic imine (C=N–C) groups is 3. The molecule has 8 saturated heterocycles. The van der Waals surface area contributed by atoms with E-state index < -0.39 is 58.7 Å². The molecule has 0 radical (unpaired) electrons. The fourth-order valence-corrected chi connectivity index (χ4v) is 27.8. The molecule has 5 amide bonds. The van der Waals surface area contributed by atoms with E-state index in [1.165, 1.54) is 40.2 Å². The van der Waals surface area contributed by atoms with Crippen molar-refractivity contribution in [2.24, 2.45) is 32.7 Å². The number of aliphatic hydroxyl groups is 2. The molecule has 0 saturated carbocycles. The van der Waals surface area contributed by atoms with Gasteiger partial charge in [0.15, 0.2) is 27.1 Å². The third-order valence-electron chi connectivity index (χ3n) is 29.5. The highest BCUT2D eigenvalue weighted by molar-refractivity contribution is 8.18. The summed E-state index contributed by atoms with van der Waals surface area (Å²) in [5, 5.41) is 39.5. The molecule has 14 aliphatic rings. The lowest BCUT2D eigenvalue weighted by Gasteiger charge is -2.37. The number of fused-ring (bicyclic) bond motifs is 5. The second-order valence-electron chi connectivity index (χ2n) is 40.7. The Morgan fingerprint density at radius 3 is 0.899 bits per heavy atom. The summed E-state index contributed by atoms with van der Waals surface area (Å²) in [6.07, 6.45) is 4.43. The highest BCUT2D eigenvalue weighted by Gasteiger charge is 2.61. The Morgan fingerprint density at radius 2 is 0.633 bits per heavy atom. The van der Waals surface area contributed by atoms with Gasteiger partial charge in [-0.05, 0) is 265 Å². The molecule has 0 aromatic heterocycles. The van der Waals surface area contributed by atoms with Crippen molar-refractivity contribution < 1.29 is 63.0 Å². The zero-order valence-corrected chi connectivity index (χ0v) is 88.2. The fraction of sp³-hybridized carbons (Fsp3) is 0.514. The molecule has 0 aliphatic carbocycles. The van der Waals surface area contributed by atoms with Gasteiger partial charge in [0.05, 0.1) is 30.3 Å². The summed E-state index contributed by atoms with van der Waals surface area (Å²) in [5.74, 6) is -2.64. The van der Waals surface area contributed by atoms with Crippen LogP contribution in [0.15, 0.2) is 192 Å². The van der Waals surface area contributed by atoms with Gasteiger partial charge in [0.2, 0.25) is 11.8 Å². The predicted molar refractivity (Wildman–Crippen MR) is 550 cm³/mol. The first kappa shape index (κ1) is 103. The summed E-state index contributed by atoms with van der Waals surface area (Å²) in [5.41, 5.74) is 6.85. The van der Waals surface area contributed by atoms with Crippen LogP contribution in [0.1, 0.15) is 220 Å². The van der Waals surface area contributed by atoms with Gasteiger partial charge in [-0.15, -0.1) is 0 Å². The summed E-state index contributed by atoms with van der Waals surface area (Å²) in [6, 6.07) is 43.9. The van der Waals surface area contributed by atoms with Crippen LogP contribution in [0.5, 0.6) is 0 Å². The molecule has 8 fully saturated rings. The smallest absolute Gasteiger partial charge is 0.326 e. The Hall–Kier alpha value is -7.72. The molecule has 25 nitrogen and oxygen atoms in total. The third-order valence-corrected chi connectivity index (χ3v) is 34.2. The number of carbonyl (C=O) groups is 6. The summed E-state index contributed by atoms with van der Waals surface area (Å²) in [7, 11) is 0. The van der Waals surface area contributed by atoms with Crippen LogP contribution < -0.4 is 5.32 Å². The van der Waals surface area contributed by atoms with E-state index in [4.69, 9.17) is 104 Å². The van der Waals surface area contributed by atoms with Gasteiger partial charge in [-0.2, -0.15) is 0 Å². The van der Waals surface area contributed by atoms with Crippen molar-refractivity contribution in [2.75, 3.05) is 39.3 Å². The van der Waals surface area contributed by atoms with E-state index in [-0.39, 0.29) is 127 Å². The topological polar surface area (TPSA) is 275 Å². The minimum atomic E-state index is -0.975. The van der Waals surface area contributed by atoms with Crippen molar-refractivity contribution in [3.05, 3.63) is 241 Å². The number of hydrogen-bond donors (Lipinski definition) is 4. The molecule has 6 aromatic rings. The van der Waals surface area contributed by atoms with E-state index in [2.05, 4.69) is 89.3 Å². The number of allylic oxidation sites excluding steroid dienone is 3. The van der Waals surface area contributed by atoms with E-state index in [1.54, 1.807) is 9.80 Å². The molecule has 14 heterocycles. The Bertz CT molecular complexity index is 5860. The summed E-state index contributed by atoms with van der Waals surface area (Å²) in [4.78, 5) is 116. The van der Waals surface area contributed by atoms with Crippen molar-refractivity contribution >= 4 is 156 Å². The van der Waals surface area contributed by atoms with Crippen molar-refractivity contribution in [1.29, 1.82) is 0 Å². The second kappa shape index (κ2) is 40.7. The van der Waals surface area contributed by atoms with E-state index in [1.807, 2.05) is 197 Å². The van der Waals surface area contributed by atoms with Gasteiger partial charge in [0.25, 0.3) is 17.7 Å². The van der Waals surface area contributed by atoms with Crippen LogP contribution in [0.25, 0.3) is 0 Å². The van der Waals surface area contributed by atoms with Crippen LogP contribution in [0, 0.1) is 17.8 Å². The van der Waals surface area contributed by atoms with Crippen molar-refractivity contribution in [3.8, 4) is 0 Å². The number of amidine groups is 3. The Balaban J connectivity index is 0.000000137. The molecule has 139 heavy (non-hydrogen) atoms. The van der Waals surface area contributed by atoms with Gasteiger partial charge in [-0.1, -0.05) is 205 Å². The molecule has 34 heteroatoms. The third kappa shape index (κ3) is 19.7. The Morgan fingerprint density at radius 1 is 0.381 bits per heavy atom. The molecule has 20 rings (SSSR count). The maximum atomic E-state index is 14.8. The van der Waals surface area contributed by atoms with Gasteiger partial charge in [-0.25, -0.2) is 19.8 Å². The number of thioether (sulfide) groups is 3. The van der Waals surface area contributed by atoms with Crippen LogP contribution in [-0.4, -0.2) is 229 Å². The average Bonchev–Trinajstić information content (AvgIpc) is 1.56. The number of aliphatic carboxylic acids is 1. The summed E-state index contributed by atoms with van der Waals surface area (Å²) >= 11 is 41.8. The maximum absolute atomic E-state index is 14.8. The van der Waals surface area contributed by atoms with Crippen molar-refractivity contribution in [1.82, 2.24) is 44.5 Å². The number of likely N-dealkylation sites (tertiary alicyclic amines) is 5. The number of benzene rings is 6. The molecular weight excluding hydrogens is 1950 g/mol. The largest absolute Gasteiger partial charge is 0.480 e. The monoisotopic (exact) mass is 2070 g/mol. The summed E-state index contributed by atoms with van der Waals surface area (Å²) in [6.45, 7) is 35.8. The Kier molecular flexibility index (Phi) is 30.1. The second-order valence-corrected chi connectivity index (χ2v) is 46.2. The zero-order valence-electron chi connectivity index (χ0n) is 81.2. The van der Waals surface area contributed by atoms with Crippen LogP contribution in [0.4, 0.5) is 0 Å². The number of nitrogens with one attached hydrogen (secondary N) is 1. The fourth-order valence-electron chi connectivity index (χ4n) is 22.9. The number of carbonyl (C=O) groups excluding carboxylic acids is 5. The van der Waals surface area contributed by atoms with E-state index in [0.717, 1.165) is 111 Å². The first-order chi connectivity index (χ1) is 66.0. The molecule has 0 spiro atoms. The first-order valence-corrected chi connectivity index (χ1v) is 53.2. The number of aliphatic hydroxyl groups excluding tert-OH is 2. The number of hydrogen-bond acceptors (Lipinski definition) is 22. The number of halogens is 6. The Labute approximate surface area is 857 Å². The number of β-amino-alcohol motifs (C(OH)–C–C–N with tert-alkyl or cyclic N) is 2. The van der Waals surface area contributed by atoms with Crippen molar-refractivity contribution in [2.45, 2.75) is 288 Å². The van der Waals surface area contributed by atoms with E-state index in [0.29, 0.717) is 83.6 Å². The van der Waals surface area contributed by atoms with E-state index in [9.17, 15) is 44.1 Å². The molecule has 4 N–H and O–H groups in total. The first-order valence-electron chi connectivity index (χ1n) is 48.5. The lowest BCUT2D eigenvalue weighted by atomic mass is 9.81. The lowest BCUT2D eigenvalue weighted by Crippen LogP contribution is -2.50. The number of amides is 5. The normalized spacial score (nSPS) is 30.6. The van der Waals surface area contributed by atoms with Gasteiger partial charge in [0.1, 0.15) is 73.9 Å². The minimum absolute atomic E-state index is 0.00229. The van der Waals surface area contributed by atoms with Gasteiger partial charge >= 0.3 is 5.97 Å². The van der Waals surface area contributed by atoms with Crippen LogP contribution in [-0.2, 0) is 64.3 Å². The van der Waals surface area contributed by atoms with Crippen LogP contribution in [0.3, 0.4) is 0 Å². The van der Waals surface area contributed by atoms with Crippen LogP contribution >= 0.6 is 105 Å². The van der Waals surface area contributed by atoms with E-state index >= 15 is 0 Å². The molecule has 0 unspecified atom stereocenters. The predicted octanol–water partition coefficient (Wildman–Crippen LogP) is 20.1. The number of carboxylic acids is 1. The number of ether oxygens (including phenoxy) is 4. The zero-order chi connectivity index (χ0) is 99.5. The minimum Gasteiger partial charge on any atom is -0.480 e. The maximum Gasteiger partial charge on any atom is 0.326 e. The van der Waals surface area contributed by atoms with Gasteiger partial charge in [0, 0.05) is 105 Å². The standard InChI is InChI=1S/C36H42Cl2N4O4S.C33H38Cl2N4O4S.C29H31Cl2N3O3S.C7H13NO2/c1-7-25-16-17-26(32(43)40-18-27-28(19-40)46-35(4,5)45-27)41(25)33(44)30-29(20(2)3)42-31(21-8-12-23(37)13-9-21)36(6,39-34(42)47-30)22-10-14-24(38)15-11-22;1-5-23-14-15-24(30(42)37-16-25(40)26(41)17-37)38(23)31(43)28-27(18(2)3)39-29(19-6-10-21(34)11-7-19)33(4,36-32(39)44-28)20-8-12-22(35)13-9-20;1-5-21-14-15-22(27(36)37)33(21)26(35)24-23(16(2)3)34-25(17-6-10-19(30)11-7-17)29(4,32-28(34)38-24)18-8-12-20(31)13-9-18;1-7(2)9-5-3-8-4-6(5)10-7/h8-15,20,25-28,31H,7,16-19H2,1-6H3;6-13,18,23-26,29,40-41H,5,14-17H2,1-4H3;6-13,16,21-22,25H,5,14-15H2,1-4H3,(H,36,37);5-6,8H,3-4H2,1-2H3/t25-,26+,27-,28+,31-,36+;23-,24+,25-,26+,29-,33+;21-,22+,25-,29+;5-,6+/m111./s1. The lowest BCUT2D eigenvalue weighted by molar-refractivity contribution is -0.162. The number of carboxylic acid groups (broad SMARTS) is 1.